The zero-order chi connectivity index (χ0) is 14.4. The smallest absolute Gasteiger partial charge is 0.266 e. The molecule has 0 radical (unpaired) electrons. The van der Waals surface area contributed by atoms with Crippen molar-refractivity contribution >= 4 is 23.2 Å². The lowest BCUT2D eigenvalue weighted by atomic mass is 10.1. The second-order valence-corrected chi connectivity index (χ2v) is 4.71. The first kappa shape index (κ1) is 12.3. The highest BCUT2D eigenvalue weighted by Crippen LogP contribution is 2.31. The third-order valence-electron chi connectivity index (χ3n) is 3.25. The van der Waals surface area contributed by atoms with Gasteiger partial charge < -0.3 is 5.73 Å². The molecule has 1 aliphatic heterocycles. The molecular weight excluding hydrogens is 259 g/mol. The molecule has 100 valence electrons. The predicted molar refractivity (Wildman–Crippen MR) is 73.1 cm³/mol. The van der Waals surface area contributed by atoms with Gasteiger partial charge in [-0.15, -0.1) is 0 Å². The van der Waals surface area contributed by atoms with E-state index in [9.17, 15) is 14.0 Å². The van der Waals surface area contributed by atoms with Gasteiger partial charge in [-0.2, -0.15) is 0 Å². The average Bonchev–Trinajstić information content (AvgIpc) is 2.63. The monoisotopic (exact) mass is 270 g/mol. The number of rotatable bonds is 1. The summed E-state index contributed by atoms with van der Waals surface area (Å²) in [5.41, 5.74) is 7.12. The number of nitrogens with two attached hydrogens (primary N) is 1. The molecule has 1 heterocycles. The van der Waals surface area contributed by atoms with E-state index in [1.165, 1.54) is 24.3 Å². The van der Waals surface area contributed by atoms with Crippen LogP contribution in [-0.2, 0) is 0 Å². The van der Waals surface area contributed by atoms with Crippen molar-refractivity contribution in [2.24, 2.45) is 0 Å². The van der Waals surface area contributed by atoms with E-state index in [0.717, 1.165) is 4.90 Å². The molecular formula is C15H11FN2O2. The molecule has 0 fully saturated rings. The maximum absolute atomic E-state index is 14.0. The Balaban J connectivity index is 2.14. The van der Waals surface area contributed by atoms with Crippen LogP contribution in [-0.4, -0.2) is 11.8 Å². The average molecular weight is 270 g/mol. The number of benzene rings is 2. The highest BCUT2D eigenvalue weighted by molar-refractivity contribution is 6.34. The van der Waals surface area contributed by atoms with Crippen molar-refractivity contribution in [2.45, 2.75) is 6.92 Å². The number of amides is 2. The Morgan fingerprint density at radius 2 is 1.70 bits per heavy atom. The minimum absolute atomic E-state index is 0.0413. The molecule has 1 aliphatic rings. The highest BCUT2D eigenvalue weighted by atomic mass is 19.1. The van der Waals surface area contributed by atoms with Crippen molar-refractivity contribution in [1.82, 2.24) is 0 Å². The van der Waals surface area contributed by atoms with Gasteiger partial charge in [0.2, 0.25) is 0 Å². The largest absolute Gasteiger partial charge is 0.399 e. The number of carbonyl (C=O) groups excluding carboxylic acids is 2. The maximum Gasteiger partial charge on any atom is 0.266 e. The Morgan fingerprint density at radius 3 is 2.40 bits per heavy atom. The second kappa shape index (κ2) is 4.16. The predicted octanol–water partition coefficient (Wildman–Crippen LogP) is 2.52. The molecule has 0 atom stereocenters. The Hall–Kier alpha value is -2.69. The van der Waals surface area contributed by atoms with E-state index >= 15 is 0 Å². The molecule has 0 saturated heterocycles. The molecule has 0 aromatic heterocycles. The van der Waals surface area contributed by atoms with Crippen LogP contribution in [0.1, 0.15) is 26.3 Å². The lowest BCUT2D eigenvalue weighted by molar-refractivity contribution is 0.0925. The third-order valence-corrected chi connectivity index (χ3v) is 3.25. The number of halogens is 1. The normalized spacial score (nSPS) is 13.8. The molecule has 2 aromatic rings. The van der Waals surface area contributed by atoms with Crippen molar-refractivity contribution in [3.05, 3.63) is 58.9 Å². The van der Waals surface area contributed by atoms with Gasteiger partial charge in [0, 0.05) is 5.69 Å². The number of nitrogens with zero attached hydrogens (tertiary/aromatic N) is 1. The first-order valence-corrected chi connectivity index (χ1v) is 6.03. The van der Waals surface area contributed by atoms with Crippen LogP contribution in [0.15, 0.2) is 36.4 Å². The van der Waals surface area contributed by atoms with Gasteiger partial charge in [-0.25, -0.2) is 9.29 Å². The van der Waals surface area contributed by atoms with E-state index in [1.54, 1.807) is 19.1 Å². The molecule has 0 saturated carbocycles. The number of imide groups is 1. The summed E-state index contributed by atoms with van der Waals surface area (Å²) in [7, 11) is 0. The van der Waals surface area contributed by atoms with Crippen LogP contribution in [0.3, 0.4) is 0 Å². The van der Waals surface area contributed by atoms with Crippen molar-refractivity contribution < 1.29 is 14.0 Å². The lowest BCUT2D eigenvalue weighted by Crippen LogP contribution is -2.30. The van der Waals surface area contributed by atoms with Crippen LogP contribution >= 0.6 is 0 Å². The summed E-state index contributed by atoms with van der Waals surface area (Å²) in [5, 5.41) is 0. The van der Waals surface area contributed by atoms with Gasteiger partial charge in [-0.3, -0.25) is 9.59 Å². The summed E-state index contributed by atoms with van der Waals surface area (Å²) in [5.74, 6) is -1.69. The summed E-state index contributed by atoms with van der Waals surface area (Å²) >= 11 is 0. The number of aryl methyl sites for hydroxylation is 1. The van der Waals surface area contributed by atoms with Crippen molar-refractivity contribution in [1.29, 1.82) is 0 Å². The Labute approximate surface area is 114 Å². The SMILES string of the molecule is Cc1ccc(N2C(=O)c3ccc(N)cc3C2=O)c(F)c1. The summed E-state index contributed by atoms with van der Waals surface area (Å²) in [6.45, 7) is 1.73. The van der Waals surface area contributed by atoms with Crippen LogP contribution in [0.4, 0.5) is 15.8 Å². The fourth-order valence-corrected chi connectivity index (χ4v) is 2.27. The summed E-state index contributed by atoms with van der Waals surface area (Å²) < 4.78 is 14.0. The van der Waals surface area contributed by atoms with Gasteiger partial charge in [-0.1, -0.05) is 6.07 Å². The highest BCUT2D eigenvalue weighted by Gasteiger charge is 2.37. The first-order valence-electron chi connectivity index (χ1n) is 6.03. The van der Waals surface area contributed by atoms with Crippen LogP contribution in [0.25, 0.3) is 0 Å². The van der Waals surface area contributed by atoms with Gasteiger partial charge in [0.1, 0.15) is 5.82 Å². The third kappa shape index (κ3) is 1.67. The van der Waals surface area contributed by atoms with Crippen LogP contribution < -0.4 is 10.6 Å². The maximum atomic E-state index is 14.0. The first-order chi connectivity index (χ1) is 9.49. The van der Waals surface area contributed by atoms with E-state index in [1.807, 2.05) is 0 Å². The van der Waals surface area contributed by atoms with Gasteiger partial charge >= 0.3 is 0 Å². The Morgan fingerprint density at radius 1 is 1.00 bits per heavy atom. The van der Waals surface area contributed by atoms with E-state index in [-0.39, 0.29) is 16.8 Å². The van der Waals surface area contributed by atoms with Crippen molar-refractivity contribution in [3.63, 3.8) is 0 Å². The number of fused-ring (bicyclic) bond motifs is 1. The number of nitrogen functional groups attached to an aromatic ring is 1. The summed E-state index contributed by atoms with van der Waals surface area (Å²) in [6, 6.07) is 8.82. The van der Waals surface area contributed by atoms with Crippen LogP contribution in [0.5, 0.6) is 0 Å². The molecule has 0 bridgehead atoms. The molecule has 2 amide bonds. The van der Waals surface area contributed by atoms with Crippen molar-refractivity contribution in [3.8, 4) is 0 Å². The topological polar surface area (TPSA) is 63.4 Å². The lowest BCUT2D eigenvalue weighted by Gasteiger charge is -2.14. The molecule has 5 heteroatoms. The Kier molecular flexibility index (Phi) is 2.57. The quantitative estimate of drug-likeness (QED) is 0.639. The minimum Gasteiger partial charge on any atom is -0.399 e. The van der Waals surface area contributed by atoms with Crippen LogP contribution in [0, 0.1) is 12.7 Å². The summed E-state index contributed by atoms with van der Waals surface area (Å²) in [6.07, 6.45) is 0. The van der Waals surface area contributed by atoms with Gasteiger partial charge in [-0.05, 0) is 42.8 Å². The zero-order valence-corrected chi connectivity index (χ0v) is 10.7. The van der Waals surface area contributed by atoms with E-state index in [0.29, 0.717) is 11.3 Å². The van der Waals surface area contributed by atoms with E-state index in [4.69, 9.17) is 5.73 Å². The van der Waals surface area contributed by atoms with E-state index in [2.05, 4.69) is 0 Å². The molecule has 20 heavy (non-hydrogen) atoms. The standard InChI is InChI=1S/C15H11FN2O2/c1-8-2-5-13(12(16)6-8)18-14(19)10-4-3-9(17)7-11(10)15(18)20/h2-7H,17H2,1H3. The fourth-order valence-electron chi connectivity index (χ4n) is 2.27. The van der Waals surface area contributed by atoms with Crippen LogP contribution in [0.2, 0.25) is 0 Å². The summed E-state index contributed by atoms with van der Waals surface area (Å²) in [4.78, 5) is 25.4. The van der Waals surface area contributed by atoms with Crippen molar-refractivity contribution in [2.75, 3.05) is 10.6 Å². The van der Waals surface area contributed by atoms with Gasteiger partial charge in [0.05, 0.1) is 16.8 Å². The fraction of sp³-hybridized carbons (Fsp3) is 0.0667. The minimum atomic E-state index is -0.604. The number of hydrogen-bond donors (Lipinski definition) is 1. The molecule has 2 aromatic carbocycles. The zero-order valence-electron chi connectivity index (χ0n) is 10.7. The molecule has 2 N–H and O–H groups in total. The molecule has 0 unspecified atom stereocenters. The number of anilines is 2. The number of hydrogen-bond acceptors (Lipinski definition) is 3. The van der Waals surface area contributed by atoms with E-state index < -0.39 is 17.6 Å². The molecule has 4 nitrogen and oxygen atoms in total. The molecule has 0 spiro atoms. The second-order valence-electron chi connectivity index (χ2n) is 4.71. The molecule has 3 rings (SSSR count). The molecule has 0 aliphatic carbocycles. The van der Waals surface area contributed by atoms with Gasteiger partial charge in [0.15, 0.2) is 0 Å². The van der Waals surface area contributed by atoms with Gasteiger partial charge in [0.25, 0.3) is 11.8 Å². The number of carbonyl (C=O) groups is 2. The Bertz CT molecular complexity index is 756.